The molecule has 5 heteroatoms. The Morgan fingerprint density at radius 1 is 0.900 bits per heavy atom. The number of carboxylic acid groups (broad SMARTS) is 1. The van der Waals surface area contributed by atoms with Crippen LogP contribution in [-0.4, -0.2) is 29.8 Å². The predicted molar refractivity (Wildman–Crippen MR) is 115 cm³/mol. The molecule has 1 atom stereocenters. The molecule has 150 valence electrons. The van der Waals surface area contributed by atoms with Crippen molar-refractivity contribution in [2.75, 3.05) is 6.61 Å². The predicted octanol–water partition coefficient (Wildman–Crippen LogP) is 4.69. The van der Waals surface area contributed by atoms with Crippen molar-refractivity contribution in [3.63, 3.8) is 0 Å². The highest BCUT2D eigenvalue weighted by atomic mass is 16.5. The molecule has 0 aromatic heterocycles. The van der Waals surface area contributed by atoms with Crippen LogP contribution in [0.3, 0.4) is 0 Å². The van der Waals surface area contributed by atoms with Crippen molar-refractivity contribution in [2.45, 2.75) is 12.0 Å². The van der Waals surface area contributed by atoms with Crippen LogP contribution in [0.5, 0.6) is 0 Å². The average Bonchev–Trinajstić information content (AvgIpc) is 3.09. The van der Waals surface area contributed by atoms with Gasteiger partial charge < -0.3 is 15.2 Å². The molecule has 0 radical (unpaired) electrons. The molecular formula is C25H21NO4. The molecule has 0 aliphatic heterocycles. The van der Waals surface area contributed by atoms with Gasteiger partial charge in [-0.15, -0.1) is 0 Å². The standard InChI is InChI=1S/C25H21NO4/c27-24(28)23(15-14-17-8-2-1-3-9-17)26-25(29)30-16-22-20-12-6-4-10-18(20)19-11-5-7-13-21(19)22/h1-15,22-23H,16H2,(H,26,29)(H,27,28)/b15-14+/t23-/m0/s1. The summed E-state index contributed by atoms with van der Waals surface area (Å²) >= 11 is 0. The lowest BCUT2D eigenvalue weighted by molar-refractivity contribution is -0.138. The molecule has 3 aromatic rings. The Hall–Kier alpha value is -3.86. The summed E-state index contributed by atoms with van der Waals surface area (Å²) < 4.78 is 5.43. The second-order valence-electron chi connectivity index (χ2n) is 7.06. The number of ether oxygens (including phenoxy) is 1. The van der Waals surface area contributed by atoms with Gasteiger partial charge in [-0.05, 0) is 27.8 Å². The third-order valence-electron chi connectivity index (χ3n) is 5.16. The van der Waals surface area contributed by atoms with Gasteiger partial charge in [-0.3, -0.25) is 0 Å². The Bertz CT molecular complexity index is 1050. The minimum Gasteiger partial charge on any atom is -0.479 e. The summed E-state index contributed by atoms with van der Waals surface area (Å²) in [6, 6.07) is 24.2. The molecular weight excluding hydrogens is 378 g/mol. The van der Waals surface area contributed by atoms with Gasteiger partial charge in [-0.2, -0.15) is 0 Å². The van der Waals surface area contributed by atoms with E-state index in [0.717, 1.165) is 27.8 Å². The summed E-state index contributed by atoms with van der Waals surface area (Å²) in [6.07, 6.45) is 2.32. The lowest BCUT2D eigenvalue weighted by atomic mass is 9.98. The number of nitrogens with one attached hydrogen (secondary N) is 1. The smallest absolute Gasteiger partial charge is 0.408 e. The van der Waals surface area contributed by atoms with E-state index in [9.17, 15) is 14.7 Å². The largest absolute Gasteiger partial charge is 0.479 e. The van der Waals surface area contributed by atoms with E-state index in [1.807, 2.05) is 66.7 Å². The molecule has 4 rings (SSSR count). The van der Waals surface area contributed by atoms with E-state index in [1.54, 1.807) is 6.08 Å². The number of aliphatic carboxylic acids is 1. The van der Waals surface area contributed by atoms with Gasteiger partial charge in [0.2, 0.25) is 0 Å². The lowest BCUT2D eigenvalue weighted by Crippen LogP contribution is -2.40. The molecule has 3 aromatic carbocycles. The minimum atomic E-state index is -1.18. The first-order valence-electron chi connectivity index (χ1n) is 9.71. The zero-order chi connectivity index (χ0) is 20.9. The van der Waals surface area contributed by atoms with E-state index in [4.69, 9.17) is 4.74 Å². The molecule has 0 saturated carbocycles. The fourth-order valence-corrected chi connectivity index (χ4v) is 3.73. The van der Waals surface area contributed by atoms with Gasteiger partial charge in [0.05, 0.1) is 0 Å². The highest BCUT2D eigenvalue weighted by Gasteiger charge is 2.29. The summed E-state index contributed by atoms with van der Waals surface area (Å²) in [4.78, 5) is 23.8. The second kappa shape index (κ2) is 8.66. The zero-order valence-electron chi connectivity index (χ0n) is 16.2. The van der Waals surface area contributed by atoms with Crippen molar-refractivity contribution in [3.8, 4) is 11.1 Å². The third-order valence-corrected chi connectivity index (χ3v) is 5.16. The van der Waals surface area contributed by atoms with Gasteiger partial charge in [0, 0.05) is 5.92 Å². The first kappa shape index (κ1) is 19.5. The number of rotatable bonds is 6. The van der Waals surface area contributed by atoms with Crippen molar-refractivity contribution in [1.29, 1.82) is 0 Å². The molecule has 1 aliphatic carbocycles. The number of carbonyl (C=O) groups is 2. The van der Waals surface area contributed by atoms with Crippen LogP contribution >= 0.6 is 0 Å². The zero-order valence-corrected chi connectivity index (χ0v) is 16.2. The number of amides is 1. The number of hydrogen-bond acceptors (Lipinski definition) is 3. The van der Waals surface area contributed by atoms with Crippen molar-refractivity contribution in [3.05, 3.63) is 102 Å². The van der Waals surface area contributed by atoms with Crippen molar-refractivity contribution in [1.82, 2.24) is 5.32 Å². The van der Waals surface area contributed by atoms with Crippen LogP contribution in [-0.2, 0) is 9.53 Å². The van der Waals surface area contributed by atoms with Crippen LogP contribution in [0.15, 0.2) is 84.9 Å². The molecule has 0 saturated heterocycles. The lowest BCUT2D eigenvalue weighted by Gasteiger charge is -2.16. The maximum absolute atomic E-state index is 12.3. The van der Waals surface area contributed by atoms with Gasteiger partial charge >= 0.3 is 12.1 Å². The molecule has 5 nitrogen and oxygen atoms in total. The molecule has 1 amide bonds. The van der Waals surface area contributed by atoms with E-state index in [0.29, 0.717) is 0 Å². The fourth-order valence-electron chi connectivity index (χ4n) is 3.73. The second-order valence-corrected chi connectivity index (χ2v) is 7.06. The van der Waals surface area contributed by atoms with Crippen LogP contribution in [0.1, 0.15) is 22.6 Å². The summed E-state index contributed by atoms with van der Waals surface area (Å²) in [5.74, 6) is -1.23. The van der Waals surface area contributed by atoms with Crippen LogP contribution in [0, 0.1) is 0 Å². The molecule has 0 spiro atoms. The number of carboxylic acids is 1. The van der Waals surface area contributed by atoms with Gasteiger partial charge in [0.15, 0.2) is 0 Å². The highest BCUT2D eigenvalue weighted by Crippen LogP contribution is 2.44. The van der Waals surface area contributed by atoms with Gasteiger partial charge in [-0.25, -0.2) is 9.59 Å². The molecule has 30 heavy (non-hydrogen) atoms. The van der Waals surface area contributed by atoms with Crippen molar-refractivity contribution >= 4 is 18.1 Å². The molecule has 2 N–H and O–H groups in total. The molecule has 0 fully saturated rings. The number of carbonyl (C=O) groups excluding carboxylic acids is 1. The Balaban J connectivity index is 1.43. The maximum Gasteiger partial charge on any atom is 0.408 e. The Morgan fingerprint density at radius 2 is 1.47 bits per heavy atom. The van der Waals surface area contributed by atoms with E-state index >= 15 is 0 Å². The van der Waals surface area contributed by atoms with Crippen molar-refractivity contribution in [2.24, 2.45) is 0 Å². The molecule has 0 unspecified atom stereocenters. The monoisotopic (exact) mass is 399 g/mol. The Morgan fingerprint density at radius 3 is 2.07 bits per heavy atom. The first-order valence-corrected chi connectivity index (χ1v) is 9.71. The maximum atomic E-state index is 12.3. The summed E-state index contributed by atoms with van der Waals surface area (Å²) in [6.45, 7) is 0.134. The number of fused-ring (bicyclic) bond motifs is 3. The van der Waals surface area contributed by atoms with Gasteiger partial charge in [0.1, 0.15) is 12.6 Å². The minimum absolute atomic E-state index is 0.0775. The van der Waals surface area contributed by atoms with E-state index in [2.05, 4.69) is 17.4 Å². The number of alkyl carbamates (subject to hydrolysis) is 1. The number of benzene rings is 3. The van der Waals surface area contributed by atoms with Crippen LogP contribution in [0.25, 0.3) is 17.2 Å². The fraction of sp³-hybridized carbons (Fsp3) is 0.120. The molecule has 0 bridgehead atoms. The van der Waals surface area contributed by atoms with E-state index in [1.165, 1.54) is 6.08 Å². The van der Waals surface area contributed by atoms with Crippen molar-refractivity contribution < 1.29 is 19.4 Å². The quantitative estimate of drug-likeness (QED) is 0.630. The Labute approximate surface area is 174 Å². The molecule has 0 heterocycles. The highest BCUT2D eigenvalue weighted by molar-refractivity contribution is 5.83. The van der Waals surface area contributed by atoms with Crippen LogP contribution in [0.2, 0.25) is 0 Å². The topological polar surface area (TPSA) is 75.6 Å². The molecule has 1 aliphatic rings. The third kappa shape index (κ3) is 4.10. The SMILES string of the molecule is O=C(N[C@@H](/C=C/c1ccccc1)C(=O)O)OCC1c2ccccc2-c2ccccc21. The Kier molecular flexibility index (Phi) is 5.61. The average molecular weight is 399 g/mol. The summed E-state index contributed by atoms with van der Waals surface area (Å²) in [5, 5.41) is 11.8. The first-order chi connectivity index (χ1) is 14.6. The van der Waals surface area contributed by atoms with E-state index < -0.39 is 18.1 Å². The van der Waals surface area contributed by atoms with Crippen LogP contribution in [0.4, 0.5) is 4.79 Å². The van der Waals surface area contributed by atoms with E-state index in [-0.39, 0.29) is 12.5 Å². The summed E-state index contributed by atoms with van der Waals surface area (Å²) in [7, 11) is 0. The van der Waals surface area contributed by atoms with Crippen LogP contribution < -0.4 is 5.32 Å². The summed E-state index contributed by atoms with van der Waals surface area (Å²) in [5.41, 5.74) is 5.32. The van der Waals surface area contributed by atoms with Gasteiger partial charge in [-0.1, -0.05) is 91.0 Å². The number of hydrogen-bond donors (Lipinski definition) is 2. The van der Waals surface area contributed by atoms with Gasteiger partial charge in [0.25, 0.3) is 0 Å². The normalized spacial score (nSPS) is 13.5.